The standard InChI is InChI=1S/C17H18N4/c1-13-3-4-15(9-14(13)2)10-19-16-5-6-17(20-11-16)21-8-7-18-12-21/h3-9,11-12,19H,10H2,1-2H3. The lowest BCUT2D eigenvalue weighted by atomic mass is 10.1. The number of hydrogen-bond acceptors (Lipinski definition) is 3. The van der Waals surface area contributed by atoms with Gasteiger partial charge in [-0.2, -0.15) is 0 Å². The first-order chi connectivity index (χ1) is 10.2. The van der Waals surface area contributed by atoms with E-state index in [0.717, 1.165) is 18.1 Å². The van der Waals surface area contributed by atoms with Gasteiger partial charge in [-0.3, -0.25) is 4.57 Å². The van der Waals surface area contributed by atoms with E-state index in [1.54, 1.807) is 12.5 Å². The molecule has 0 atom stereocenters. The van der Waals surface area contributed by atoms with Gasteiger partial charge in [-0.15, -0.1) is 0 Å². The van der Waals surface area contributed by atoms with Crippen LogP contribution >= 0.6 is 0 Å². The number of hydrogen-bond donors (Lipinski definition) is 1. The van der Waals surface area contributed by atoms with E-state index in [2.05, 4.69) is 47.3 Å². The van der Waals surface area contributed by atoms with Gasteiger partial charge in [0.05, 0.1) is 11.9 Å². The summed E-state index contributed by atoms with van der Waals surface area (Å²) in [4.78, 5) is 8.45. The number of pyridine rings is 1. The maximum Gasteiger partial charge on any atom is 0.137 e. The minimum Gasteiger partial charge on any atom is -0.380 e. The molecule has 0 radical (unpaired) electrons. The summed E-state index contributed by atoms with van der Waals surface area (Å²) < 4.78 is 1.88. The van der Waals surface area contributed by atoms with E-state index in [-0.39, 0.29) is 0 Å². The molecule has 0 amide bonds. The van der Waals surface area contributed by atoms with Crippen molar-refractivity contribution in [3.05, 3.63) is 71.9 Å². The SMILES string of the molecule is Cc1ccc(CNc2ccc(-n3ccnc3)nc2)cc1C. The maximum absolute atomic E-state index is 4.43. The van der Waals surface area contributed by atoms with Crippen LogP contribution in [-0.2, 0) is 6.54 Å². The van der Waals surface area contributed by atoms with Gasteiger partial charge >= 0.3 is 0 Å². The average Bonchev–Trinajstić information content (AvgIpc) is 3.03. The highest BCUT2D eigenvalue weighted by atomic mass is 15.1. The number of imidazole rings is 1. The van der Waals surface area contributed by atoms with Crippen molar-refractivity contribution in [2.45, 2.75) is 20.4 Å². The van der Waals surface area contributed by atoms with Gasteiger partial charge < -0.3 is 5.32 Å². The Hall–Kier alpha value is -2.62. The lowest BCUT2D eigenvalue weighted by molar-refractivity contribution is 0.990. The van der Waals surface area contributed by atoms with Gasteiger partial charge in [0.15, 0.2) is 0 Å². The maximum atomic E-state index is 4.43. The molecule has 2 aromatic heterocycles. The fraction of sp³-hybridized carbons (Fsp3) is 0.176. The van der Waals surface area contributed by atoms with E-state index in [9.17, 15) is 0 Å². The topological polar surface area (TPSA) is 42.7 Å². The molecule has 1 aromatic carbocycles. The van der Waals surface area contributed by atoms with Gasteiger partial charge in [0.25, 0.3) is 0 Å². The highest BCUT2D eigenvalue weighted by Crippen LogP contribution is 2.13. The molecule has 0 unspecified atom stereocenters. The molecular formula is C17H18N4. The smallest absolute Gasteiger partial charge is 0.137 e. The van der Waals surface area contributed by atoms with Crippen LogP contribution in [0.25, 0.3) is 5.82 Å². The Morgan fingerprint density at radius 3 is 2.67 bits per heavy atom. The number of anilines is 1. The average molecular weight is 278 g/mol. The van der Waals surface area contributed by atoms with E-state index >= 15 is 0 Å². The Bertz CT molecular complexity index is 715. The summed E-state index contributed by atoms with van der Waals surface area (Å²) in [5.74, 6) is 0.865. The van der Waals surface area contributed by atoms with Crippen LogP contribution in [0.5, 0.6) is 0 Å². The molecule has 3 rings (SSSR count). The van der Waals surface area contributed by atoms with E-state index in [1.165, 1.54) is 16.7 Å². The number of nitrogens with one attached hydrogen (secondary N) is 1. The second kappa shape index (κ2) is 5.79. The van der Waals surface area contributed by atoms with Crippen molar-refractivity contribution in [3.8, 4) is 5.82 Å². The van der Waals surface area contributed by atoms with Crippen molar-refractivity contribution in [2.75, 3.05) is 5.32 Å². The Morgan fingerprint density at radius 2 is 2.00 bits per heavy atom. The summed E-state index contributed by atoms with van der Waals surface area (Å²) >= 11 is 0. The van der Waals surface area contributed by atoms with E-state index < -0.39 is 0 Å². The van der Waals surface area contributed by atoms with Crippen LogP contribution in [0.1, 0.15) is 16.7 Å². The van der Waals surface area contributed by atoms with Crippen LogP contribution in [0.2, 0.25) is 0 Å². The number of benzene rings is 1. The lowest BCUT2D eigenvalue weighted by Crippen LogP contribution is -2.01. The molecule has 2 heterocycles. The summed E-state index contributed by atoms with van der Waals surface area (Å²) in [5.41, 5.74) is 4.93. The molecular weight excluding hydrogens is 260 g/mol. The summed E-state index contributed by atoms with van der Waals surface area (Å²) in [6, 6.07) is 10.5. The quantitative estimate of drug-likeness (QED) is 0.794. The molecule has 0 aliphatic carbocycles. The number of nitrogens with zero attached hydrogens (tertiary/aromatic N) is 3. The molecule has 0 spiro atoms. The van der Waals surface area contributed by atoms with Crippen molar-refractivity contribution in [3.63, 3.8) is 0 Å². The second-order valence-electron chi connectivity index (χ2n) is 5.15. The Labute approximate surface area is 124 Å². The van der Waals surface area contributed by atoms with E-state index in [1.807, 2.05) is 29.1 Å². The molecule has 3 aromatic rings. The zero-order chi connectivity index (χ0) is 14.7. The Kier molecular flexibility index (Phi) is 3.69. The Morgan fingerprint density at radius 1 is 1.10 bits per heavy atom. The normalized spacial score (nSPS) is 10.6. The van der Waals surface area contributed by atoms with Crippen LogP contribution in [0.3, 0.4) is 0 Å². The number of aromatic nitrogens is 3. The second-order valence-corrected chi connectivity index (χ2v) is 5.15. The number of aryl methyl sites for hydroxylation is 2. The monoisotopic (exact) mass is 278 g/mol. The highest BCUT2D eigenvalue weighted by Gasteiger charge is 1.99. The van der Waals surface area contributed by atoms with Crippen LogP contribution in [0.15, 0.2) is 55.2 Å². The Balaban J connectivity index is 1.66. The van der Waals surface area contributed by atoms with Crippen LogP contribution in [-0.4, -0.2) is 14.5 Å². The summed E-state index contributed by atoms with van der Waals surface area (Å²) in [6.07, 6.45) is 7.21. The first-order valence-electron chi connectivity index (χ1n) is 6.97. The minimum absolute atomic E-state index is 0.799. The highest BCUT2D eigenvalue weighted by molar-refractivity contribution is 5.44. The van der Waals surface area contributed by atoms with Gasteiger partial charge in [0.2, 0.25) is 0 Å². The largest absolute Gasteiger partial charge is 0.380 e. The van der Waals surface area contributed by atoms with Crippen molar-refractivity contribution < 1.29 is 0 Å². The molecule has 0 saturated carbocycles. The van der Waals surface area contributed by atoms with Gasteiger partial charge in [0.1, 0.15) is 12.1 Å². The molecule has 0 aliphatic rings. The molecule has 1 N–H and O–H groups in total. The predicted octanol–water partition coefficient (Wildman–Crippen LogP) is 3.50. The van der Waals surface area contributed by atoms with E-state index in [0.29, 0.717) is 0 Å². The fourth-order valence-electron chi connectivity index (χ4n) is 2.16. The zero-order valence-corrected chi connectivity index (χ0v) is 12.2. The first-order valence-corrected chi connectivity index (χ1v) is 6.97. The fourth-order valence-corrected chi connectivity index (χ4v) is 2.16. The molecule has 106 valence electrons. The van der Waals surface area contributed by atoms with Gasteiger partial charge in [-0.25, -0.2) is 9.97 Å². The van der Waals surface area contributed by atoms with Crippen LogP contribution in [0, 0.1) is 13.8 Å². The van der Waals surface area contributed by atoms with Crippen molar-refractivity contribution in [2.24, 2.45) is 0 Å². The molecule has 4 nitrogen and oxygen atoms in total. The van der Waals surface area contributed by atoms with Crippen LogP contribution in [0.4, 0.5) is 5.69 Å². The molecule has 21 heavy (non-hydrogen) atoms. The van der Waals surface area contributed by atoms with Crippen molar-refractivity contribution >= 4 is 5.69 Å². The van der Waals surface area contributed by atoms with Gasteiger partial charge in [0, 0.05) is 18.9 Å². The molecule has 0 fully saturated rings. The van der Waals surface area contributed by atoms with Crippen molar-refractivity contribution in [1.29, 1.82) is 0 Å². The molecule has 0 saturated heterocycles. The molecule has 0 aliphatic heterocycles. The van der Waals surface area contributed by atoms with Crippen LogP contribution < -0.4 is 5.32 Å². The summed E-state index contributed by atoms with van der Waals surface area (Å²) in [7, 11) is 0. The third-order valence-corrected chi connectivity index (χ3v) is 3.58. The lowest BCUT2D eigenvalue weighted by Gasteiger charge is -2.09. The van der Waals surface area contributed by atoms with E-state index in [4.69, 9.17) is 0 Å². The minimum atomic E-state index is 0.799. The summed E-state index contributed by atoms with van der Waals surface area (Å²) in [6.45, 7) is 5.07. The predicted molar refractivity (Wildman–Crippen MR) is 84.6 cm³/mol. The van der Waals surface area contributed by atoms with Gasteiger partial charge in [-0.05, 0) is 42.7 Å². The van der Waals surface area contributed by atoms with Crippen molar-refractivity contribution in [1.82, 2.24) is 14.5 Å². The zero-order valence-electron chi connectivity index (χ0n) is 12.2. The summed E-state index contributed by atoms with van der Waals surface area (Å²) in [5, 5.41) is 3.39. The molecule has 4 heteroatoms. The third-order valence-electron chi connectivity index (χ3n) is 3.58. The first kappa shape index (κ1) is 13.4. The molecule has 0 bridgehead atoms. The number of rotatable bonds is 4. The van der Waals surface area contributed by atoms with Gasteiger partial charge in [-0.1, -0.05) is 18.2 Å². The third kappa shape index (κ3) is 3.11.